The predicted octanol–water partition coefficient (Wildman–Crippen LogP) is 3.33. The van der Waals surface area contributed by atoms with Crippen LogP contribution in [0.2, 0.25) is 0 Å². The van der Waals surface area contributed by atoms with Gasteiger partial charge in [-0.2, -0.15) is 5.10 Å². The highest BCUT2D eigenvalue weighted by molar-refractivity contribution is 7.22. The van der Waals surface area contributed by atoms with Crippen molar-refractivity contribution in [2.24, 2.45) is 0 Å². The van der Waals surface area contributed by atoms with Crippen molar-refractivity contribution in [2.45, 2.75) is 26.8 Å². The molecule has 1 saturated heterocycles. The third kappa shape index (κ3) is 4.53. The molecule has 0 aliphatic carbocycles. The van der Waals surface area contributed by atoms with Gasteiger partial charge in [-0.05, 0) is 44.5 Å². The molecule has 3 aromatic rings. The number of anilines is 1. The Morgan fingerprint density at radius 2 is 2.10 bits per heavy atom. The Balaban J connectivity index is 1.58. The molecule has 0 atom stereocenters. The van der Waals surface area contributed by atoms with Crippen LogP contribution < -0.4 is 4.90 Å². The van der Waals surface area contributed by atoms with Crippen molar-refractivity contribution in [3.63, 3.8) is 0 Å². The van der Waals surface area contributed by atoms with E-state index >= 15 is 0 Å². The number of nitrogens with zero attached hydrogens (tertiary/aromatic N) is 5. The van der Waals surface area contributed by atoms with Crippen molar-refractivity contribution >= 4 is 32.6 Å². The summed E-state index contributed by atoms with van der Waals surface area (Å²) in [6.45, 7) is 9.37. The number of thiazole rings is 1. The highest BCUT2D eigenvalue weighted by Gasteiger charge is 2.24. The maximum Gasteiger partial charge on any atom is 0.280 e. The van der Waals surface area contributed by atoms with Gasteiger partial charge in [0.05, 0.1) is 23.4 Å². The zero-order chi connectivity index (χ0) is 21.1. The summed E-state index contributed by atoms with van der Waals surface area (Å²) in [5.74, 6) is -0.480. The molecule has 1 aliphatic heterocycles. The number of hydrogen-bond acceptors (Lipinski definition) is 6. The largest absolute Gasteiger partial charge is 0.379 e. The van der Waals surface area contributed by atoms with Crippen LogP contribution in [0.3, 0.4) is 0 Å². The summed E-state index contributed by atoms with van der Waals surface area (Å²) < 4.78 is 21.6. The second-order valence-corrected chi connectivity index (χ2v) is 8.37. The Morgan fingerprint density at radius 1 is 1.30 bits per heavy atom. The zero-order valence-electron chi connectivity index (χ0n) is 17.3. The third-order valence-electron chi connectivity index (χ3n) is 5.27. The molecule has 0 bridgehead atoms. The maximum atomic E-state index is 13.6. The van der Waals surface area contributed by atoms with E-state index in [1.165, 1.54) is 23.5 Å². The molecule has 1 amide bonds. The van der Waals surface area contributed by atoms with Crippen molar-refractivity contribution in [1.29, 1.82) is 0 Å². The zero-order valence-corrected chi connectivity index (χ0v) is 18.1. The monoisotopic (exact) mass is 431 g/mol. The molecule has 0 spiro atoms. The van der Waals surface area contributed by atoms with E-state index in [1.807, 2.05) is 24.6 Å². The Hall–Kier alpha value is -2.36. The second-order valence-electron chi connectivity index (χ2n) is 7.36. The average Bonchev–Trinajstić information content (AvgIpc) is 3.34. The molecular weight excluding hydrogens is 405 g/mol. The maximum absolute atomic E-state index is 13.6. The lowest BCUT2D eigenvalue weighted by atomic mass is 10.3. The highest BCUT2D eigenvalue weighted by Crippen LogP contribution is 2.30. The van der Waals surface area contributed by atoms with Crippen LogP contribution in [-0.2, 0) is 11.3 Å². The van der Waals surface area contributed by atoms with Crippen LogP contribution in [0.5, 0.6) is 0 Å². The first-order chi connectivity index (χ1) is 14.5. The van der Waals surface area contributed by atoms with Gasteiger partial charge < -0.3 is 4.74 Å². The molecule has 4 rings (SSSR count). The van der Waals surface area contributed by atoms with Crippen molar-refractivity contribution in [2.75, 3.05) is 44.3 Å². The number of amides is 1. The third-order valence-corrected chi connectivity index (χ3v) is 6.32. The molecule has 0 radical (unpaired) electrons. The Labute approximate surface area is 179 Å². The van der Waals surface area contributed by atoms with Gasteiger partial charge in [-0.15, -0.1) is 0 Å². The summed E-state index contributed by atoms with van der Waals surface area (Å²) in [4.78, 5) is 22.0. The SMILES string of the molecule is CCn1nc(C(=O)N(CCCN2CCOCC2)c2nc3ccc(F)cc3s2)cc1C. The highest BCUT2D eigenvalue weighted by atomic mass is 32.1. The summed E-state index contributed by atoms with van der Waals surface area (Å²) in [5.41, 5.74) is 2.05. The lowest BCUT2D eigenvalue weighted by Gasteiger charge is -2.27. The minimum atomic E-state index is -0.305. The summed E-state index contributed by atoms with van der Waals surface area (Å²) in [6.07, 6.45) is 0.809. The van der Waals surface area contributed by atoms with E-state index in [9.17, 15) is 9.18 Å². The Kier molecular flexibility index (Phi) is 6.40. The molecule has 0 unspecified atom stereocenters. The van der Waals surface area contributed by atoms with Crippen LogP contribution >= 0.6 is 11.3 Å². The van der Waals surface area contributed by atoms with Gasteiger partial charge in [0.15, 0.2) is 10.8 Å². The Morgan fingerprint density at radius 3 is 2.83 bits per heavy atom. The number of carbonyl (C=O) groups is 1. The van der Waals surface area contributed by atoms with Crippen LogP contribution in [0.1, 0.15) is 29.5 Å². The number of ether oxygens (including phenoxy) is 1. The molecule has 0 saturated carbocycles. The smallest absolute Gasteiger partial charge is 0.280 e. The number of carbonyl (C=O) groups excluding carboxylic acids is 1. The van der Waals surface area contributed by atoms with E-state index in [0.29, 0.717) is 29.4 Å². The van der Waals surface area contributed by atoms with Crippen molar-refractivity contribution in [3.05, 3.63) is 41.5 Å². The molecule has 3 heterocycles. The van der Waals surface area contributed by atoms with E-state index in [1.54, 1.807) is 11.0 Å². The number of aryl methyl sites for hydroxylation is 2. The molecule has 7 nitrogen and oxygen atoms in total. The van der Waals surface area contributed by atoms with Gasteiger partial charge in [0, 0.05) is 38.4 Å². The first-order valence-electron chi connectivity index (χ1n) is 10.3. The van der Waals surface area contributed by atoms with Crippen LogP contribution in [-0.4, -0.2) is 65.0 Å². The topological polar surface area (TPSA) is 63.5 Å². The minimum absolute atomic E-state index is 0.174. The number of aromatic nitrogens is 3. The summed E-state index contributed by atoms with van der Waals surface area (Å²) >= 11 is 1.33. The van der Waals surface area contributed by atoms with E-state index in [0.717, 1.165) is 49.7 Å². The van der Waals surface area contributed by atoms with E-state index < -0.39 is 0 Å². The first-order valence-corrected chi connectivity index (χ1v) is 11.1. The first kappa shape index (κ1) is 20.9. The lowest BCUT2D eigenvalue weighted by Crippen LogP contribution is -2.39. The van der Waals surface area contributed by atoms with Crippen molar-refractivity contribution in [3.8, 4) is 0 Å². The van der Waals surface area contributed by atoms with Gasteiger partial charge in [0.2, 0.25) is 0 Å². The van der Waals surface area contributed by atoms with Crippen LogP contribution in [0.15, 0.2) is 24.3 Å². The van der Waals surface area contributed by atoms with Gasteiger partial charge in [-0.3, -0.25) is 19.3 Å². The fourth-order valence-electron chi connectivity index (χ4n) is 3.64. The molecule has 1 aliphatic rings. The Bertz CT molecular complexity index is 1030. The van der Waals surface area contributed by atoms with Gasteiger partial charge in [0.25, 0.3) is 5.91 Å². The fraction of sp³-hybridized carbons (Fsp3) is 0.476. The molecule has 9 heteroatoms. The number of benzene rings is 1. The van der Waals surface area contributed by atoms with Gasteiger partial charge in [0.1, 0.15) is 5.82 Å². The summed E-state index contributed by atoms with van der Waals surface area (Å²) in [7, 11) is 0. The number of fused-ring (bicyclic) bond motifs is 1. The second kappa shape index (κ2) is 9.20. The van der Waals surface area contributed by atoms with Gasteiger partial charge in [-0.25, -0.2) is 9.37 Å². The standard InChI is InChI=1S/C21H26FN5O2S/c1-3-27-15(2)13-18(24-27)20(28)26(8-4-7-25-9-11-29-12-10-25)21-23-17-6-5-16(22)14-19(17)30-21/h5-6,13-14H,3-4,7-12H2,1-2H3. The molecule has 30 heavy (non-hydrogen) atoms. The normalized spacial score (nSPS) is 15.0. The van der Waals surface area contributed by atoms with Gasteiger partial charge >= 0.3 is 0 Å². The molecule has 2 aromatic heterocycles. The average molecular weight is 432 g/mol. The lowest BCUT2D eigenvalue weighted by molar-refractivity contribution is 0.0376. The van der Waals surface area contributed by atoms with Gasteiger partial charge in [-0.1, -0.05) is 11.3 Å². The number of rotatable bonds is 7. The van der Waals surface area contributed by atoms with E-state index in [2.05, 4.69) is 15.0 Å². The number of halogens is 1. The van der Waals surface area contributed by atoms with E-state index in [4.69, 9.17) is 4.74 Å². The van der Waals surface area contributed by atoms with E-state index in [-0.39, 0.29) is 11.7 Å². The fourth-order valence-corrected chi connectivity index (χ4v) is 4.65. The predicted molar refractivity (Wildman–Crippen MR) is 116 cm³/mol. The van der Waals surface area contributed by atoms with Crippen molar-refractivity contribution < 1.29 is 13.9 Å². The summed E-state index contributed by atoms with van der Waals surface area (Å²) in [5, 5.41) is 5.03. The molecule has 1 fully saturated rings. The molecule has 160 valence electrons. The molecule has 1 aromatic carbocycles. The molecule has 0 N–H and O–H groups in total. The van der Waals surface area contributed by atoms with Crippen LogP contribution in [0, 0.1) is 12.7 Å². The number of morpholine rings is 1. The van der Waals surface area contributed by atoms with Crippen molar-refractivity contribution in [1.82, 2.24) is 19.7 Å². The number of hydrogen-bond donors (Lipinski definition) is 0. The quantitative estimate of drug-likeness (QED) is 0.574. The van der Waals surface area contributed by atoms with Crippen LogP contribution in [0.25, 0.3) is 10.2 Å². The minimum Gasteiger partial charge on any atom is -0.379 e. The summed E-state index contributed by atoms with van der Waals surface area (Å²) in [6, 6.07) is 6.32. The molecular formula is C21H26FN5O2S. The van der Waals surface area contributed by atoms with Crippen LogP contribution in [0.4, 0.5) is 9.52 Å².